The maximum absolute atomic E-state index is 11.5. The summed E-state index contributed by atoms with van der Waals surface area (Å²) in [5.41, 5.74) is 2.40. The lowest BCUT2D eigenvalue weighted by atomic mass is 9.88. The van der Waals surface area contributed by atoms with Crippen LogP contribution in [0.15, 0.2) is 45.1 Å². The van der Waals surface area contributed by atoms with Gasteiger partial charge in [-0.3, -0.25) is 4.79 Å². The smallest absolute Gasteiger partial charge is 0.305 e. The van der Waals surface area contributed by atoms with Crippen molar-refractivity contribution in [2.24, 2.45) is 0 Å². The molecule has 4 rings (SSSR count). The molecule has 1 aromatic heterocycles. The van der Waals surface area contributed by atoms with Gasteiger partial charge in [-0.15, -0.1) is 0 Å². The van der Waals surface area contributed by atoms with Gasteiger partial charge in [0.15, 0.2) is 0 Å². The summed E-state index contributed by atoms with van der Waals surface area (Å²) in [6, 6.07) is 8.06. The third kappa shape index (κ3) is 1.41. The molecule has 0 saturated carbocycles. The molecule has 0 amide bonds. The van der Waals surface area contributed by atoms with Gasteiger partial charge in [-0.25, -0.2) is 0 Å². The highest BCUT2D eigenvalue weighted by Crippen LogP contribution is 2.48. The van der Waals surface area contributed by atoms with Crippen molar-refractivity contribution in [1.29, 1.82) is 0 Å². The molecule has 18 heavy (non-hydrogen) atoms. The van der Waals surface area contributed by atoms with Crippen molar-refractivity contribution in [3.05, 3.63) is 55.4 Å². The van der Waals surface area contributed by atoms with Crippen LogP contribution in [0.25, 0.3) is 0 Å². The van der Waals surface area contributed by atoms with Gasteiger partial charge in [0.2, 0.25) is 0 Å². The zero-order chi connectivity index (χ0) is 12.1. The molecule has 0 saturated heterocycles. The molecule has 5 heteroatoms. The first-order valence-corrected chi connectivity index (χ1v) is 7.33. The number of aromatic nitrogens is 1. The summed E-state index contributed by atoms with van der Waals surface area (Å²) in [6.45, 7) is 0.611. The van der Waals surface area contributed by atoms with E-state index in [-0.39, 0.29) is 10.8 Å². The SMILES string of the molecule is O=c1[nH]c2c(s1)[C@H]1C(=CS2)COc2ccccc21. The van der Waals surface area contributed by atoms with E-state index < -0.39 is 0 Å². The Kier molecular flexibility index (Phi) is 2.19. The van der Waals surface area contributed by atoms with Gasteiger partial charge in [-0.05, 0) is 17.0 Å². The highest BCUT2D eigenvalue weighted by atomic mass is 32.2. The fraction of sp³-hybridized carbons (Fsp3) is 0.154. The van der Waals surface area contributed by atoms with Crippen LogP contribution in [0.4, 0.5) is 0 Å². The van der Waals surface area contributed by atoms with Crippen LogP contribution in [0.1, 0.15) is 16.4 Å². The molecular formula is C13H9NO2S2. The first-order chi connectivity index (χ1) is 8.83. The minimum atomic E-state index is 0.0196. The predicted molar refractivity (Wildman–Crippen MR) is 72.7 cm³/mol. The first-order valence-electron chi connectivity index (χ1n) is 5.63. The van der Waals surface area contributed by atoms with Crippen molar-refractivity contribution < 1.29 is 4.74 Å². The van der Waals surface area contributed by atoms with E-state index in [4.69, 9.17) is 4.74 Å². The molecule has 0 radical (unpaired) electrons. The van der Waals surface area contributed by atoms with Crippen LogP contribution in [0.5, 0.6) is 5.75 Å². The average molecular weight is 275 g/mol. The Bertz CT molecular complexity index is 714. The van der Waals surface area contributed by atoms with Gasteiger partial charge >= 0.3 is 4.87 Å². The van der Waals surface area contributed by atoms with Crippen LogP contribution in [-0.2, 0) is 0 Å². The fourth-order valence-corrected chi connectivity index (χ4v) is 4.53. The standard InChI is InChI=1S/C13H9NO2S2/c15-13-14-12-11(18-13)10-7(6-17-12)5-16-9-4-2-1-3-8(9)10/h1-4,6,10H,5H2,(H,14,15)/t10-/m0/s1. The fourth-order valence-electron chi connectivity index (χ4n) is 2.44. The molecule has 0 bridgehead atoms. The van der Waals surface area contributed by atoms with Gasteiger partial charge in [-0.1, -0.05) is 41.3 Å². The predicted octanol–water partition coefficient (Wildman–Crippen LogP) is 2.95. The Morgan fingerprint density at radius 1 is 1.33 bits per heavy atom. The number of ether oxygens (including phenoxy) is 1. The quantitative estimate of drug-likeness (QED) is 0.803. The second-order valence-electron chi connectivity index (χ2n) is 4.28. The summed E-state index contributed by atoms with van der Waals surface area (Å²) < 4.78 is 5.75. The van der Waals surface area contributed by atoms with Crippen molar-refractivity contribution in [1.82, 2.24) is 4.98 Å². The maximum atomic E-state index is 11.5. The largest absolute Gasteiger partial charge is 0.489 e. The molecule has 0 aliphatic carbocycles. The van der Waals surface area contributed by atoms with Crippen LogP contribution < -0.4 is 9.61 Å². The summed E-state index contributed by atoms with van der Waals surface area (Å²) in [4.78, 5) is 15.6. The summed E-state index contributed by atoms with van der Waals surface area (Å²) in [5.74, 6) is 1.12. The van der Waals surface area contributed by atoms with E-state index in [1.54, 1.807) is 11.8 Å². The number of thiazole rings is 1. The number of hydrogen-bond donors (Lipinski definition) is 1. The zero-order valence-corrected chi connectivity index (χ0v) is 10.9. The van der Waals surface area contributed by atoms with Gasteiger partial charge in [0.25, 0.3) is 0 Å². The molecule has 1 aromatic carbocycles. The number of fused-ring (bicyclic) bond motifs is 5. The first kappa shape index (κ1) is 10.5. The molecule has 1 N–H and O–H groups in total. The van der Waals surface area contributed by atoms with E-state index in [2.05, 4.69) is 16.5 Å². The maximum Gasteiger partial charge on any atom is 0.305 e. The summed E-state index contributed by atoms with van der Waals surface area (Å²) in [6.07, 6.45) is 0. The van der Waals surface area contributed by atoms with E-state index >= 15 is 0 Å². The highest BCUT2D eigenvalue weighted by molar-refractivity contribution is 8.02. The van der Waals surface area contributed by atoms with Gasteiger partial charge < -0.3 is 9.72 Å². The van der Waals surface area contributed by atoms with Crippen LogP contribution in [0.2, 0.25) is 0 Å². The van der Waals surface area contributed by atoms with Crippen molar-refractivity contribution in [2.75, 3.05) is 6.61 Å². The van der Waals surface area contributed by atoms with Gasteiger partial charge in [-0.2, -0.15) is 0 Å². The van der Waals surface area contributed by atoms with Gasteiger partial charge in [0.1, 0.15) is 12.4 Å². The Labute approximate surface area is 112 Å². The lowest BCUT2D eigenvalue weighted by Crippen LogP contribution is -2.19. The van der Waals surface area contributed by atoms with Gasteiger partial charge in [0.05, 0.1) is 9.90 Å². The number of H-pyrrole nitrogens is 1. The summed E-state index contributed by atoms with van der Waals surface area (Å²) >= 11 is 2.89. The number of nitrogens with one attached hydrogen (secondary N) is 1. The number of thioether (sulfide) groups is 1. The molecule has 2 aromatic rings. The molecule has 3 nitrogen and oxygen atoms in total. The molecule has 1 atom stereocenters. The molecule has 0 unspecified atom stereocenters. The molecule has 3 heterocycles. The Balaban J connectivity index is 1.97. The molecule has 0 fully saturated rings. The van der Waals surface area contributed by atoms with Crippen molar-refractivity contribution >= 4 is 23.1 Å². The third-order valence-corrected chi connectivity index (χ3v) is 5.28. The van der Waals surface area contributed by atoms with E-state index in [1.165, 1.54) is 16.9 Å². The highest BCUT2D eigenvalue weighted by Gasteiger charge is 2.33. The van der Waals surface area contributed by atoms with E-state index in [0.29, 0.717) is 6.61 Å². The second-order valence-corrected chi connectivity index (χ2v) is 6.17. The number of rotatable bonds is 0. The Hall–Kier alpha value is -1.46. The van der Waals surface area contributed by atoms with Crippen molar-refractivity contribution in [3.63, 3.8) is 0 Å². The van der Waals surface area contributed by atoms with Crippen molar-refractivity contribution in [2.45, 2.75) is 10.9 Å². The van der Waals surface area contributed by atoms with Crippen molar-refractivity contribution in [3.8, 4) is 5.75 Å². The zero-order valence-electron chi connectivity index (χ0n) is 9.30. The number of aromatic amines is 1. The minimum absolute atomic E-state index is 0.0196. The van der Waals surface area contributed by atoms with Crippen LogP contribution in [0.3, 0.4) is 0 Å². The molecule has 2 aliphatic heterocycles. The van der Waals surface area contributed by atoms with Crippen LogP contribution in [-0.4, -0.2) is 11.6 Å². The topological polar surface area (TPSA) is 42.1 Å². The van der Waals surface area contributed by atoms with E-state index in [0.717, 1.165) is 21.2 Å². The summed E-state index contributed by atoms with van der Waals surface area (Å²) in [5, 5.41) is 3.08. The van der Waals surface area contributed by atoms with Crippen LogP contribution >= 0.6 is 23.1 Å². The van der Waals surface area contributed by atoms with E-state index in [1.807, 2.05) is 18.2 Å². The normalized spacial score (nSPS) is 20.2. The van der Waals surface area contributed by atoms with E-state index in [9.17, 15) is 4.79 Å². The average Bonchev–Trinajstić information content (AvgIpc) is 2.78. The van der Waals surface area contributed by atoms with Crippen LogP contribution in [0, 0.1) is 0 Å². The molecule has 0 spiro atoms. The third-order valence-electron chi connectivity index (χ3n) is 3.23. The number of hydrogen-bond acceptors (Lipinski definition) is 4. The Morgan fingerprint density at radius 3 is 3.17 bits per heavy atom. The monoisotopic (exact) mass is 275 g/mol. The van der Waals surface area contributed by atoms with Gasteiger partial charge in [0, 0.05) is 11.5 Å². The lowest BCUT2D eigenvalue weighted by Gasteiger charge is -2.30. The number of benzene rings is 1. The molecule has 90 valence electrons. The summed E-state index contributed by atoms with van der Waals surface area (Å²) in [7, 11) is 0. The minimum Gasteiger partial charge on any atom is -0.489 e. The molecule has 2 aliphatic rings. The second kappa shape index (κ2) is 3.76. The Morgan fingerprint density at radius 2 is 2.22 bits per heavy atom. The lowest BCUT2D eigenvalue weighted by molar-refractivity contribution is 0.325. The molecular weight excluding hydrogens is 266 g/mol. The number of para-hydroxylation sites is 1.